The second-order valence-electron chi connectivity index (χ2n) is 5.67. The Labute approximate surface area is 127 Å². The SMILES string of the molecule is CCNC(c1cscc1C)c1c(C)c(C)cc(C)c1C. The molecule has 0 aliphatic rings. The molecule has 1 heterocycles. The predicted molar refractivity (Wildman–Crippen MR) is 90.0 cm³/mol. The van der Waals surface area contributed by atoms with Crippen LogP contribution in [0, 0.1) is 34.6 Å². The van der Waals surface area contributed by atoms with Gasteiger partial charge in [0.05, 0.1) is 6.04 Å². The molecular formula is C18H25NS. The van der Waals surface area contributed by atoms with Crippen LogP contribution in [0.15, 0.2) is 16.8 Å². The van der Waals surface area contributed by atoms with Crippen molar-refractivity contribution in [3.8, 4) is 0 Å². The van der Waals surface area contributed by atoms with Gasteiger partial charge in [0.2, 0.25) is 0 Å². The molecular weight excluding hydrogens is 262 g/mol. The summed E-state index contributed by atoms with van der Waals surface area (Å²) < 4.78 is 0. The van der Waals surface area contributed by atoms with E-state index in [0.717, 1.165) is 6.54 Å². The molecule has 0 amide bonds. The van der Waals surface area contributed by atoms with Gasteiger partial charge in [-0.2, -0.15) is 11.3 Å². The zero-order valence-electron chi connectivity index (χ0n) is 13.4. The van der Waals surface area contributed by atoms with E-state index in [9.17, 15) is 0 Å². The van der Waals surface area contributed by atoms with Gasteiger partial charge in [-0.25, -0.2) is 0 Å². The van der Waals surface area contributed by atoms with E-state index in [2.05, 4.69) is 63.7 Å². The lowest BCUT2D eigenvalue weighted by Gasteiger charge is -2.25. The van der Waals surface area contributed by atoms with Crippen molar-refractivity contribution in [3.05, 3.63) is 55.8 Å². The zero-order valence-corrected chi connectivity index (χ0v) is 14.2. The molecule has 0 fully saturated rings. The summed E-state index contributed by atoms with van der Waals surface area (Å²) in [5.41, 5.74) is 9.89. The Bertz CT molecular complexity index is 584. The second kappa shape index (κ2) is 6.11. The molecule has 108 valence electrons. The third-order valence-corrected chi connectivity index (χ3v) is 5.21. The first-order valence-corrected chi connectivity index (χ1v) is 8.25. The van der Waals surface area contributed by atoms with Gasteiger partial charge >= 0.3 is 0 Å². The molecule has 0 aliphatic heterocycles. The fourth-order valence-corrected chi connectivity index (χ4v) is 3.79. The van der Waals surface area contributed by atoms with Gasteiger partial charge in [0.15, 0.2) is 0 Å². The Kier molecular flexibility index (Phi) is 4.66. The highest BCUT2D eigenvalue weighted by Gasteiger charge is 2.21. The number of rotatable bonds is 4. The van der Waals surface area contributed by atoms with Crippen molar-refractivity contribution < 1.29 is 0 Å². The molecule has 0 saturated heterocycles. The molecule has 1 N–H and O–H groups in total. The largest absolute Gasteiger partial charge is 0.306 e. The van der Waals surface area contributed by atoms with Crippen LogP contribution in [0.1, 0.15) is 51.9 Å². The van der Waals surface area contributed by atoms with E-state index in [0.29, 0.717) is 6.04 Å². The minimum absolute atomic E-state index is 0.310. The molecule has 2 aromatic rings. The maximum absolute atomic E-state index is 3.68. The molecule has 0 aliphatic carbocycles. The molecule has 2 rings (SSSR count). The van der Waals surface area contributed by atoms with Gasteiger partial charge in [-0.15, -0.1) is 0 Å². The van der Waals surface area contributed by atoms with Gasteiger partial charge in [0.1, 0.15) is 0 Å². The van der Waals surface area contributed by atoms with Crippen LogP contribution in [-0.2, 0) is 0 Å². The summed E-state index contributed by atoms with van der Waals surface area (Å²) in [6.45, 7) is 14.3. The fraction of sp³-hybridized carbons (Fsp3) is 0.444. The van der Waals surface area contributed by atoms with Gasteiger partial charge in [0, 0.05) is 0 Å². The summed E-state index contributed by atoms with van der Waals surface area (Å²) in [5, 5.41) is 8.22. The van der Waals surface area contributed by atoms with E-state index >= 15 is 0 Å². The van der Waals surface area contributed by atoms with E-state index in [1.807, 2.05) is 0 Å². The summed E-state index contributed by atoms with van der Waals surface area (Å²) in [6, 6.07) is 2.61. The number of nitrogens with one attached hydrogen (secondary N) is 1. The van der Waals surface area contributed by atoms with Gasteiger partial charge in [-0.1, -0.05) is 13.0 Å². The monoisotopic (exact) mass is 287 g/mol. The van der Waals surface area contributed by atoms with Gasteiger partial charge in [-0.05, 0) is 90.9 Å². The Morgan fingerprint density at radius 2 is 1.55 bits per heavy atom. The lowest BCUT2D eigenvalue weighted by Crippen LogP contribution is -2.24. The Balaban J connectivity index is 2.64. The van der Waals surface area contributed by atoms with E-state index in [1.54, 1.807) is 11.3 Å². The fourth-order valence-electron chi connectivity index (χ4n) is 2.92. The van der Waals surface area contributed by atoms with Crippen LogP contribution in [0.5, 0.6) is 0 Å². The minimum Gasteiger partial charge on any atom is -0.306 e. The van der Waals surface area contributed by atoms with E-state index in [-0.39, 0.29) is 0 Å². The second-order valence-corrected chi connectivity index (χ2v) is 6.42. The summed E-state index contributed by atoms with van der Waals surface area (Å²) >= 11 is 1.80. The highest BCUT2D eigenvalue weighted by atomic mass is 32.1. The Hall–Kier alpha value is -1.12. The minimum atomic E-state index is 0.310. The van der Waals surface area contributed by atoms with Crippen LogP contribution < -0.4 is 5.32 Å². The van der Waals surface area contributed by atoms with Crippen LogP contribution in [0.4, 0.5) is 0 Å². The lowest BCUT2D eigenvalue weighted by atomic mass is 9.86. The standard InChI is InChI=1S/C18H25NS/c1-7-19-18(16-10-20-9-13(16)4)17-14(5)11(2)8-12(3)15(17)6/h8-10,18-19H,7H2,1-6H3. The molecule has 0 spiro atoms. The van der Waals surface area contributed by atoms with Gasteiger partial charge < -0.3 is 5.32 Å². The first kappa shape index (κ1) is 15.3. The first-order chi connectivity index (χ1) is 9.47. The number of aryl methyl sites for hydroxylation is 3. The van der Waals surface area contributed by atoms with Crippen molar-refractivity contribution in [2.24, 2.45) is 0 Å². The zero-order chi connectivity index (χ0) is 14.9. The van der Waals surface area contributed by atoms with Crippen LogP contribution in [0.2, 0.25) is 0 Å². The van der Waals surface area contributed by atoms with Crippen LogP contribution in [-0.4, -0.2) is 6.54 Å². The quantitative estimate of drug-likeness (QED) is 0.835. The molecule has 0 radical (unpaired) electrons. The highest BCUT2D eigenvalue weighted by Crippen LogP contribution is 2.34. The van der Waals surface area contributed by atoms with Gasteiger partial charge in [0.25, 0.3) is 0 Å². The van der Waals surface area contributed by atoms with Crippen molar-refractivity contribution in [2.45, 2.75) is 47.6 Å². The number of benzene rings is 1. The molecule has 2 heteroatoms. The maximum Gasteiger partial charge on any atom is 0.0592 e. The van der Waals surface area contributed by atoms with Gasteiger partial charge in [-0.3, -0.25) is 0 Å². The Morgan fingerprint density at radius 3 is 2.00 bits per heavy atom. The number of hydrogen-bond donors (Lipinski definition) is 1. The third-order valence-electron chi connectivity index (χ3n) is 4.33. The average Bonchev–Trinajstić information content (AvgIpc) is 2.82. The van der Waals surface area contributed by atoms with Crippen molar-refractivity contribution in [2.75, 3.05) is 6.54 Å². The highest BCUT2D eigenvalue weighted by molar-refractivity contribution is 7.08. The summed E-state index contributed by atoms with van der Waals surface area (Å²) in [4.78, 5) is 0. The molecule has 1 atom stereocenters. The maximum atomic E-state index is 3.68. The predicted octanol–water partition coefficient (Wildman–Crippen LogP) is 4.99. The molecule has 1 unspecified atom stereocenters. The molecule has 1 aromatic carbocycles. The normalized spacial score (nSPS) is 12.7. The van der Waals surface area contributed by atoms with E-state index in [4.69, 9.17) is 0 Å². The number of thiophene rings is 1. The van der Waals surface area contributed by atoms with E-state index in [1.165, 1.54) is 38.9 Å². The Morgan fingerprint density at radius 1 is 0.950 bits per heavy atom. The summed E-state index contributed by atoms with van der Waals surface area (Å²) in [5.74, 6) is 0. The van der Waals surface area contributed by atoms with Crippen LogP contribution in [0.3, 0.4) is 0 Å². The first-order valence-electron chi connectivity index (χ1n) is 7.30. The third kappa shape index (κ3) is 2.68. The molecule has 20 heavy (non-hydrogen) atoms. The lowest BCUT2D eigenvalue weighted by molar-refractivity contribution is 0.622. The van der Waals surface area contributed by atoms with Crippen molar-refractivity contribution in [3.63, 3.8) is 0 Å². The molecule has 0 bridgehead atoms. The van der Waals surface area contributed by atoms with E-state index < -0.39 is 0 Å². The smallest absolute Gasteiger partial charge is 0.0592 e. The van der Waals surface area contributed by atoms with Crippen molar-refractivity contribution in [1.29, 1.82) is 0 Å². The molecule has 1 nitrogen and oxygen atoms in total. The van der Waals surface area contributed by atoms with Crippen molar-refractivity contribution in [1.82, 2.24) is 5.32 Å². The average molecular weight is 287 g/mol. The topological polar surface area (TPSA) is 12.0 Å². The summed E-state index contributed by atoms with van der Waals surface area (Å²) in [6.07, 6.45) is 0. The molecule has 1 aromatic heterocycles. The molecule has 0 saturated carbocycles. The van der Waals surface area contributed by atoms with Crippen LogP contribution >= 0.6 is 11.3 Å². The number of hydrogen-bond acceptors (Lipinski definition) is 2. The summed E-state index contributed by atoms with van der Waals surface area (Å²) in [7, 11) is 0. The van der Waals surface area contributed by atoms with Crippen molar-refractivity contribution >= 4 is 11.3 Å². The van der Waals surface area contributed by atoms with Crippen LogP contribution in [0.25, 0.3) is 0 Å².